The molecule has 150 valence electrons. The number of hydrogen-bond donors (Lipinski definition) is 2. The zero-order chi connectivity index (χ0) is 20.9. The second kappa shape index (κ2) is 8.79. The zero-order valence-electron chi connectivity index (χ0n) is 16.1. The minimum absolute atomic E-state index is 0.171. The molecule has 0 unspecified atom stereocenters. The van der Waals surface area contributed by atoms with E-state index in [1.54, 1.807) is 49.7 Å². The lowest BCUT2D eigenvalue weighted by molar-refractivity contribution is -0.113. The van der Waals surface area contributed by atoms with Gasteiger partial charge in [0, 0.05) is 23.7 Å². The van der Waals surface area contributed by atoms with E-state index in [9.17, 15) is 9.59 Å². The van der Waals surface area contributed by atoms with Crippen molar-refractivity contribution >= 4 is 40.2 Å². The third-order valence-corrected chi connectivity index (χ3v) is 5.30. The third-order valence-electron chi connectivity index (χ3n) is 4.31. The standard InChI is InChI=1S/C22H18N4O3S/c1-23-21(28)14-8-10-15(11-9-14)24-19(27)13-30-22-16-5-2-3-6-17(16)25-20(26-22)18-7-4-12-29-18/h2-12H,13H2,1H3,(H,23,28)(H,24,27). The highest BCUT2D eigenvalue weighted by molar-refractivity contribution is 8.00. The van der Waals surface area contributed by atoms with Crippen molar-refractivity contribution in [1.82, 2.24) is 15.3 Å². The number of hydrogen-bond acceptors (Lipinski definition) is 6. The molecule has 0 saturated carbocycles. The highest BCUT2D eigenvalue weighted by atomic mass is 32.2. The van der Waals surface area contributed by atoms with Crippen LogP contribution in [0.2, 0.25) is 0 Å². The number of rotatable bonds is 6. The number of fused-ring (bicyclic) bond motifs is 1. The largest absolute Gasteiger partial charge is 0.461 e. The lowest BCUT2D eigenvalue weighted by Gasteiger charge is -2.08. The summed E-state index contributed by atoms with van der Waals surface area (Å²) in [7, 11) is 1.57. The van der Waals surface area contributed by atoms with Gasteiger partial charge in [-0.05, 0) is 42.5 Å². The van der Waals surface area contributed by atoms with Crippen molar-refractivity contribution in [2.45, 2.75) is 5.03 Å². The first-order valence-electron chi connectivity index (χ1n) is 9.19. The molecule has 2 amide bonds. The van der Waals surface area contributed by atoms with Crippen LogP contribution < -0.4 is 10.6 Å². The summed E-state index contributed by atoms with van der Waals surface area (Å²) in [5.41, 5.74) is 1.94. The summed E-state index contributed by atoms with van der Waals surface area (Å²) >= 11 is 1.33. The number of thioether (sulfide) groups is 1. The molecule has 0 fully saturated rings. The molecule has 0 aliphatic carbocycles. The molecule has 30 heavy (non-hydrogen) atoms. The Morgan fingerprint density at radius 1 is 1.00 bits per heavy atom. The molecule has 2 aromatic carbocycles. The molecule has 4 rings (SSSR count). The summed E-state index contributed by atoms with van der Waals surface area (Å²) in [5, 5.41) is 6.98. The van der Waals surface area contributed by atoms with Crippen LogP contribution in [-0.2, 0) is 4.79 Å². The number of nitrogens with one attached hydrogen (secondary N) is 2. The van der Waals surface area contributed by atoms with Crippen molar-refractivity contribution in [2.24, 2.45) is 0 Å². The van der Waals surface area contributed by atoms with E-state index in [0.717, 1.165) is 10.9 Å². The van der Waals surface area contributed by atoms with E-state index in [2.05, 4.69) is 20.6 Å². The quantitative estimate of drug-likeness (QED) is 0.363. The van der Waals surface area contributed by atoms with E-state index in [1.807, 2.05) is 24.3 Å². The van der Waals surface area contributed by atoms with Gasteiger partial charge in [-0.2, -0.15) is 0 Å². The van der Waals surface area contributed by atoms with Crippen molar-refractivity contribution in [2.75, 3.05) is 18.1 Å². The lowest BCUT2D eigenvalue weighted by atomic mass is 10.2. The normalized spacial score (nSPS) is 10.7. The Morgan fingerprint density at radius 3 is 2.53 bits per heavy atom. The van der Waals surface area contributed by atoms with Crippen molar-refractivity contribution in [1.29, 1.82) is 0 Å². The minimum Gasteiger partial charge on any atom is -0.461 e. The van der Waals surface area contributed by atoms with Crippen LogP contribution in [0, 0.1) is 0 Å². The van der Waals surface area contributed by atoms with Gasteiger partial charge in [0.05, 0.1) is 17.5 Å². The lowest BCUT2D eigenvalue weighted by Crippen LogP contribution is -2.18. The van der Waals surface area contributed by atoms with Gasteiger partial charge in [-0.25, -0.2) is 9.97 Å². The number of para-hydroxylation sites is 1. The van der Waals surface area contributed by atoms with Gasteiger partial charge >= 0.3 is 0 Å². The first-order chi connectivity index (χ1) is 14.6. The van der Waals surface area contributed by atoms with Crippen molar-refractivity contribution in [3.63, 3.8) is 0 Å². The average molecular weight is 418 g/mol. The van der Waals surface area contributed by atoms with Gasteiger partial charge in [0.25, 0.3) is 5.91 Å². The SMILES string of the molecule is CNC(=O)c1ccc(NC(=O)CSc2nc(-c3ccco3)nc3ccccc23)cc1. The molecule has 2 N–H and O–H groups in total. The van der Waals surface area contributed by atoms with Crippen molar-refractivity contribution in [3.05, 3.63) is 72.5 Å². The number of anilines is 1. The molecule has 0 aliphatic heterocycles. The molecule has 2 heterocycles. The summed E-state index contributed by atoms with van der Waals surface area (Å²) in [4.78, 5) is 33.2. The summed E-state index contributed by atoms with van der Waals surface area (Å²) in [5.74, 6) is 0.881. The van der Waals surface area contributed by atoms with Crippen LogP contribution in [0.1, 0.15) is 10.4 Å². The highest BCUT2D eigenvalue weighted by Gasteiger charge is 2.13. The molecular weight excluding hydrogens is 400 g/mol. The van der Waals surface area contributed by atoms with Crippen LogP contribution in [-0.4, -0.2) is 34.6 Å². The van der Waals surface area contributed by atoms with E-state index in [0.29, 0.717) is 27.9 Å². The summed E-state index contributed by atoms with van der Waals surface area (Å²) in [6.45, 7) is 0. The van der Waals surface area contributed by atoms with E-state index < -0.39 is 0 Å². The number of carbonyl (C=O) groups excluding carboxylic acids is 2. The third kappa shape index (κ3) is 4.33. The maximum absolute atomic E-state index is 12.4. The topological polar surface area (TPSA) is 97.1 Å². The van der Waals surface area contributed by atoms with Crippen LogP contribution >= 0.6 is 11.8 Å². The fourth-order valence-electron chi connectivity index (χ4n) is 2.85. The van der Waals surface area contributed by atoms with Crippen LogP contribution in [0.15, 0.2) is 76.4 Å². The predicted molar refractivity (Wildman–Crippen MR) is 116 cm³/mol. The Labute approximate surface area is 176 Å². The van der Waals surface area contributed by atoms with Gasteiger partial charge in [-0.3, -0.25) is 9.59 Å². The first-order valence-corrected chi connectivity index (χ1v) is 10.2. The van der Waals surface area contributed by atoms with E-state index in [1.165, 1.54) is 11.8 Å². The molecule has 7 nitrogen and oxygen atoms in total. The zero-order valence-corrected chi connectivity index (χ0v) is 16.9. The molecule has 0 bridgehead atoms. The Bertz CT molecular complexity index is 1190. The number of amides is 2. The van der Waals surface area contributed by atoms with Gasteiger partial charge in [-0.15, -0.1) is 0 Å². The first kappa shape index (κ1) is 19.7. The Kier molecular flexibility index (Phi) is 5.76. The minimum atomic E-state index is -0.175. The predicted octanol–water partition coefficient (Wildman–Crippen LogP) is 3.98. The van der Waals surface area contributed by atoms with Gasteiger partial charge in [0.15, 0.2) is 11.6 Å². The Balaban J connectivity index is 1.49. The molecular formula is C22H18N4O3S. The smallest absolute Gasteiger partial charge is 0.251 e. The summed E-state index contributed by atoms with van der Waals surface area (Å²) < 4.78 is 5.42. The van der Waals surface area contributed by atoms with Crippen LogP contribution in [0.5, 0.6) is 0 Å². The maximum Gasteiger partial charge on any atom is 0.251 e. The second-order valence-corrected chi connectivity index (χ2v) is 7.30. The number of carbonyl (C=O) groups is 2. The van der Waals surface area contributed by atoms with Gasteiger partial charge < -0.3 is 15.1 Å². The Morgan fingerprint density at radius 2 is 1.80 bits per heavy atom. The number of nitrogens with zero attached hydrogens (tertiary/aromatic N) is 2. The monoisotopic (exact) mass is 418 g/mol. The molecule has 8 heteroatoms. The molecule has 0 radical (unpaired) electrons. The van der Waals surface area contributed by atoms with Crippen molar-refractivity contribution < 1.29 is 14.0 Å². The van der Waals surface area contributed by atoms with Crippen LogP contribution in [0.3, 0.4) is 0 Å². The van der Waals surface area contributed by atoms with E-state index >= 15 is 0 Å². The van der Waals surface area contributed by atoms with Crippen molar-refractivity contribution in [3.8, 4) is 11.6 Å². The molecule has 0 atom stereocenters. The maximum atomic E-state index is 12.4. The van der Waals surface area contributed by atoms with Gasteiger partial charge in [-0.1, -0.05) is 30.0 Å². The van der Waals surface area contributed by atoms with Crippen LogP contribution in [0.4, 0.5) is 5.69 Å². The molecule has 2 aromatic heterocycles. The fourth-order valence-corrected chi connectivity index (χ4v) is 3.67. The van der Waals surface area contributed by atoms with Gasteiger partial charge in [0.1, 0.15) is 5.03 Å². The number of benzene rings is 2. The van der Waals surface area contributed by atoms with E-state index in [4.69, 9.17) is 4.42 Å². The molecule has 0 aliphatic rings. The van der Waals surface area contributed by atoms with Gasteiger partial charge in [0.2, 0.25) is 5.91 Å². The number of furan rings is 1. The van der Waals surface area contributed by atoms with Crippen LogP contribution in [0.25, 0.3) is 22.5 Å². The highest BCUT2D eigenvalue weighted by Crippen LogP contribution is 2.28. The summed E-state index contributed by atoms with van der Waals surface area (Å²) in [6.07, 6.45) is 1.57. The Hall–Kier alpha value is -3.65. The molecule has 0 saturated heterocycles. The van der Waals surface area contributed by atoms with E-state index in [-0.39, 0.29) is 17.6 Å². The molecule has 4 aromatic rings. The number of aromatic nitrogens is 2. The second-order valence-electron chi connectivity index (χ2n) is 6.34. The molecule has 0 spiro atoms. The fraction of sp³-hybridized carbons (Fsp3) is 0.0909. The summed E-state index contributed by atoms with van der Waals surface area (Å²) in [6, 6.07) is 18.0. The average Bonchev–Trinajstić information content (AvgIpc) is 3.32.